The molecule has 1 aromatic carbocycles. The van der Waals surface area contributed by atoms with Gasteiger partial charge >= 0.3 is 0 Å². The third-order valence-electron chi connectivity index (χ3n) is 3.94. The normalized spacial score (nSPS) is 19.2. The van der Waals surface area contributed by atoms with Crippen molar-refractivity contribution in [1.82, 2.24) is 0 Å². The summed E-state index contributed by atoms with van der Waals surface area (Å²) >= 11 is 0. The van der Waals surface area contributed by atoms with Gasteiger partial charge in [0, 0.05) is 6.04 Å². The summed E-state index contributed by atoms with van der Waals surface area (Å²) in [5, 5.41) is 0. The second-order valence-electron chi connectivity index (χ2n) is 5.35. The van der Waals surface area contributed by atoms with Gasteiger partial charge in [0.1, 0.15) is 5.82 Å². The fraction of sp³-hybridized carbons (Fsp3) is 0.600. The average molecular weight is 235 g/mol. The van der Waals surface area contributed by atoms with Crippen molar-refractivity contribution in [3.63, 3.8) is 0 Å². The van der Waals surface area contributed by atoms with Crippen molar-refractivity contribution in [2.75, 3.05) is 0 Å². The summed E-state index contributed by atoms with van der Waals surface area (Å²) in [6.07, 6.45) is 7.75. The molecule has 1 saturated carbocycles. The van der Waals surface area contributed by atoms with Gasteiger partial charge in [-0.15, -0.1) is 0 Å². The van der Waals surface area contributed by atoms with Crippen LogP contribution in [0, 0.1) is 18.7 Å². The van der Waals surface area contributed by atoms with Gasteiger partial charge in [-0.05, 0) is 42.5 Å². The van der Waals surface area contributed by atoms with Crippen LogP contribution in [0.2, 0.25) is 0 Å². The lowest BCUT2D eigenvalue weighted by molar-refractivity contribution is 0.319. The summed E-state index contributed by atoms with van der Waals surface area (Å²) in [6.45, 7) is 1.94. The van der Waals surface area contributed by atoms with E-state index < -0.39 is 0 Å². The molecule has 1 atom stereocenters. The molecule has 0 aliphatic heterocycles. The molecule has 0 saturated heterocycles. The van der Waals surface area contributed by atoms with Crippen molar-refractivity contribution in [2.24, 2.45) is 11.7 Å². The summed E-state index contributed by atoms with van der Waals surface area (Å²) in [7, 11) is 0. The molecule has 1 unspecified atom stereocenters. The molecule has 17 heavy (non-hydrogen) atoms. The number of rotatable bonds is 3. The first kappa shape index (κ1) is 12.6. The molecule has 1 aromatic rings. The molecule has 0 spiro atoms. The number of aryl methyl sites for hydroxylation is 1. The smallest absolute Gasteiger partial charge is 0.123 e. The van der Waals surface area contributed by atoms with Crippen LogP contribution in [0.1, 0.15) is 55.7 Å². The molecule has 2 heteroatoms. The first-order chi connectivity index (χ1) is 8.16. The SMILES string of the molecule is Cc1cc(F)ccc1C(N)CC1CCCCC1. The van der Waals surface area contributed by atoms with Crippen LogP contribution in [-0.4, -0.2) is 0 Å². The van der Waals surface area contributed by atoms with Gasteiger partial charge in [-0.1, -0.05) is 38.2 Å². The minimum Gasteiger partial charge on any atom is -0.324 e. The van der Waals surface area contributed by atoms with Gasteiger partial charge in [-0.2, -0.15) is 0 Å². The van der Waals surface area contributed by atoms with Crippen LogP contribution < -0.4 is 5.73 Å². The van der Waals surface area contributed by atoms with Crippen molar-refractivity contribution < 1.29 is 4.39 Å². The average Bonchev–Trinajstić information content (AvgIpc) is 2.30. The lowest BCUT2D eigenvalue weighted by Crippen LogP contribution is -2.18. The Kier molecular flexibility index (Phi) is 4.16. The molecule has 1 aliphatic carbocycles. The van der Waals surface area contributed by atoms with Crippen LogP contribution in [0.4, 0.5) is 4.39 Å². The van der Waals surface area contributed by atoms with E-state index in [9.17, 15) is 4.39 Å². The predicted octanol–water partition coefficient (Wildman–Crippen LogP) is 4.10. The third-order valence-corrected chi connectivity index (χ3v) is 3.94. The third kappa shape index (κ3) is 3.29. The zero-order valence-corrected chi connectivity index (χ0v) is 10.6. The molecule has 1 nitrogen and oxygen atoms in total. The lowest BCUT2D eigenvalue weighted by atomic mass is 9.83. The van der Waals surface area contributed by atoms with E-state index in [-0.39, 0.29) is 11.9 Å². The summed E-state index contributed by atoms with van der Waals surface area (Å²) in [5.74, 6) is 0.597. The second-order valence-corrected chi connectivity index (χ2v) is 5.35. The van der Waals surface area contributed by atoms with E-state index in [0.29, 0.717) is 0 Å². The molecule has 0 bridgehead atoms. The zero-order chi connectivity index (χ0) is 12.3. The van der Waals surface area contributed by atoms with Crippen LogP contribution in [0.25, 0.3) is 0 Å². The monoisotopic (exact) mass is 235 g/mol. The van der Waals surface area contributed by atoms with Crippen LogP contribution in [0.3, 0.4) is 0 Å². The van der Waals surface area contributed by atoms with Crippen LogP contribution in [0.15, 0.2) is 18.2 Å². The highest BCUT2D eigenvalue weighted by molar-refractivity contribution is 5.29. The molecule has 1 aliphatic rings. The van der Waals surface area contributed by atoms with E-state index in [0.717, 1.165) is 23.5 Å². The topological polar surface area (TPSA) is 26.0 Å². The van der Waals surface area contributed by atoms with Crippen LogP contribution in [-0.2, 0) is 0 Å². The standard InChI is InChI=1S/C15H22FN/c1-11-9-13(16)7-8-14(11)15(17)10-12-5-3-2-4-6-12/h7-9,12,15H,2-6,10,17H2,1H3. The van der Waals surface area contributed by atoms with E-state index in [4.69, 9.17) is 5.73 Å². The van der Waals surface area contributed by atoms with Gasteiger partial charge in [-0.25, -0.2) is 4.39 Å². The molecule has 2 N–H and O–H groups in total. The maximum absolute atomic E-state index is 13.0. The zero-order valence-electron chi connectivity index (χ0n) is 10.6. The summed E-state index contributed by atoms with van der Waals surface area (Å²) < 4.78 is 13.0. The van der Waals surface area contributed by atoms with E-state index in [1.165, 1.54) is 38.2 Å². The van der Waals surface area contributed by atoms with Gasteiger partial charge in [0.05, 0.1) is 0 Å². The molecule has 2 rings (SSSR count). The summed E-state index contributed by atoms with van der Waals surface area (Å²) in [6, 6.07) is 5.01. The molecule has 0 radical (unpaired) electrons. The highest BCUT2D eigenvalue weighted by Crippen LogP contribution is 2.31. The fourth-order valence-electron chi connectivity index (χ4n) is 2.96. The largest absolute Gasteiger partial charge is 0.324 e. The molecular weight excluding hydrogens is 213 g/mol. The molecular formula is C15H22FN. The first-order valence-electron chi connectivity index (χ1n) is 6.68. The predicted molar refractivity (Wildman–Crippen MR) is 69.3 cm³/mol. The van der Waals surface area contributed by atoms with Crippen molar-refractivity contribution >= 4 is 0 Å². The van der Waals surface area contributed by atoms with Gasteiger partial charge in [0.25, 0.3) is 0 Å². The highest BCUT2D eigenvalue weighted by atomic mass is 19.1. The fourth-order valence-corrected chi connectivity index (χ4v) is 2.96. The Morgan fingerprint density at radius 1 is 1.29 bits per heavy atom. The van der Waals surface area contributed by atoms with Gasteiger partial charge in [-0.3, -0.25) is 0 Å². The van der Waals surface area contributed by atoms with Crippen molar-refractivity contribution in [3.05, 3.63) is 35.1 Å². The van der Waals surface area contributed by atoms with Gasteiger partial charge in [0.15, 0.2) is 0 Å². The van der Waals surface area contributed by atoms with E-state index in [1.807, 2.05) is 13.0 Å². The van der Waals surface area contributed by atoms with E-state index >= 15 is 0 Å². The van der Waals surface area contributed by atoms with Gasteiger partial charge in [0.2, 0.25) is 0 Å². The van der Waals surface area contributed by atoms with Gasteiger partial charge < -0.3 is 5.73 Å². The summed E-state index contributed by atoms with van der Waals surface area (Å²) in [4.78, 5) is 0. The lowest BCUT2D eigenvalue weighted by Gasteiger charge is -2.25. The number of nitrogens with two attached hydrogens (primary N) is 1. The molecule has 0 amide bonds. The number of hydrogen-bond donors (Lipinski definition) is 1. The minimum absolute atomic E-state index is 0.0682. The Bertz CT molecular complexity index is 369. The van der Waals surface area contributed by atoms with Crippen LogP contribution >= 0.6 is 0 Å². The van der Waals surface area contributed by atoms with Crippen molar-refractivity contribution in [2.45, 2.75) is 51.5 Å². The Balaban J connectivity index is 2.00. The second kappa shape index (κ2) is 5.63. The number of hydrogen-bond acceptors (Lipinski definition) is 1. The molecule has 0 aromatic heterocycles. The molecule has 94 valence electrons. The number of halogens is 1. The minimum atomic E-state index is -0.170. The van der Waals surface area contributed by atoms with E-state index in [2.05, 4.69) is 0 Å². The molecule has 0 heterocycles. The Morgan fingerprint density at radius 2 is 2.00 bits per heavy atom. The van der Waals surface area contributed by atoms with E-state index in [1.54, 1.807) is 6.07 Å². The summed E-state index contributed by atoms with van der Waals surface area (Å²) in [5.41, 5.74) is 8.34. The first-order valence-corrected chi connectivity index (χ1v) is 6.68. The van der Waals surface area contributed by atoms with Crippen LogP contribution in [0.5, 0.6) is 0 Å². The Hall–Kier alpha value is -0.890. The quantitative estimate of drug-likeness (QED) is 0.838. The Labute approximate surface area is 103 Å². The van der Waals surface area contributed by atoms with Crippen molar-refractivity contribution in [1.29, 1.82) is 0 Å². The molecule has 1 fully saturated rings. The maximum Gasteiger partial charge on any atom is 0.123 e. The highest BCUT2D eigenvalue weighted by Gasteiger charge is 2.18. The maximum atomic E-state index is 13.0. The van der Waals surface area contributed by atoms with Crippen molar-refractivity contribution in [3.8, 4) is 0 Å². The number of benzene rings is 1. The Morgan fingerprint density at radius 3 is 2.65 bits per heavy atom.